The van der Waals surface area contributed by atoms with Crippen molar-refractivity contribution in [2.24, 2.45) is 0 Å². The van der Waals surface area contributed by atoms with Crippen molar-refractivity contribution in [3.05, 3.63) is 45.6 Å². The zero-order valence-corrected chi connectivity index (χ0v) is 16.0. The van der Waals surface area contributed by atoms with Crippen LogP contribution in [0.25, 0.3) is 11.4 Å². The second kappa shape index (κ2) is 7.40. The molecule has 0 aliphatic rings. The molecule has 3 rings (SSSR count). The van der Waals surface area contributed by atoms with E-state index in [1.807, 2.05) is 12.1 Å². The number of benzene rings is 1. The third-order valence-electron chi connectivity index (χ3n) is 4.06. The van der Waals surface area contributed by atoms with E-state index in [1.54, 1.807) is 30.2 Å². The number of aromatic nitrogens is 3. The second-order valence-electron chi connectivity index (χ2n) is 5.52. The van der Waals surface area contributed by atoms with Gasteiger partial charge in [-0.05, 0) is 44.0 Å². The molecular formula is C18H21N3OS2. The van der Waals surface area contributed by atoms with E-state index >= 15 is 0 Å². The lowest BCUT2D eigenvalue weighted by atomic mass is 10.1. The van der Waals surface area contributed by atoms with Gasteiger partial charge < -0.3 is 9.30 Å². The number of ether oxygens (including phenoxy) is 1. The smallest absolute Gasteiger partial charge is 0.191 e. The average Bonchev–Trinajstić information content (AvgIpc) is 3.16. The second-order valence-corrected chi connectivity index (χ2v) is 7.55. The van der Waals surface area contributed by atoms with Crippen molar-refractivity contribution < 1.29 is 4.74 Å². The average molecular weight is 360 g/mol. The van der Waals surface area contributed by atoms with Gasteiger partial charge in [0, 0.05) is 28.1 Å². The first kappa shape index (κ1) is 17.0. The summed E-state index contributed by atoms with van der Waals surface area (Å²) in [6.07, 6.45) is 0. The molecule has 0 spiro atoms. The molecule has 24 heavy (non-hydrogen) atoms. The van der Waals surface area contributed by atoms with Crippen LogP contribution in [0.1, 0.15) is 22.9 Å². The summed E-state index contributed by atoms with van der Waals surface area (Å²) in [6, 6.07) is 8.15. The summed E-state index contributed by atoms with van der Waals surface area (Å²) in [7, 11) is 1.69. The highest BCUT2D eigenvalue weighted by Gasteiger charge is 2.16. The lowest BCUT2D eigenvalue weighted by Gasteiger charge is -2.08. The van der Waals surface area contributed by atoms with Gasteiger partial charge in [-0.1, -0.05) is 23.9 Å². The quantitative estimate of drug-likeness (QED) is 0.584. The van der Waals surface area contributed by atoms with E-state index < -0.39 is 0 Å². The zero-order chi connectivity index (χ0) is 17.1. The van der Waals surface area contributed by atoms with Crippen molar-refractivity contribution in [3.8, 4) is 17.1 Å². The van der Waals surface area contributed by atoms with Crippen LogP contribution in [0.4, 0.5) is 0 Å². The Morgan fingerprint density at radius 1 is 1.25 bits per heavy atom. The SMILES string of the molecule is CCn1c(SCc2cccc(OC)c2)nnc1-c1csc(C)c1C. The van der Waals surface area contributed by atoms with E-state index in [9.17, 15) is 0 Å². The Bertz CT molecular complexity index is 839. The maximum absolute atomic E-state index is 5.29. The Labute approximate surface area is 150 Å². The highest BCUT2D eigenvalue weighted by Crippen LogP contribution is 2.32. The van der Waals surface area contributed by atoms with Crippen molar-refractivity contribution in [1.29, 1.82) is 0 Å². The number of aryl methyl sites for hydroxylation is 1. The summed E-state index contributed by atoms with van der Waals surface area (Å²) >= 11 is 3.48. The summed E-state index contributed by atoms with van der Waals surface area (Å²) in [5, 5.41) is 12.0. The van der Waals surface area contributed by atoms with Crippen molar-refractivity contribution >= 4 is 23.1 Å². The number of hydrogen-bond acceptors (Lipinski definition) is 5. The molecule has 0 unspecified atom stereocenters. The Morgan fingerprint density at radius 3 is 2.75 bits per heavy atom. The molecule has 0 N–H and O–H groups in total. The number of thiophene rings is 1. The van der Waals surface area contributed by atoms with E-state index in [1.165, 1.54) is 21.6 Å². The highest BCUT2D eigenvalue weighted by molar-refractivity contribution is 7.98. The molecule has 0 saturated carbocycles. The molecule has 0 saturated heterocycles. The molecule has 6 heteroatoms. The van der Waals surface area contributed by atoms with E-state index in [-0.39, 0.29) is 0 Å². The molecule has 2 aromatic heterocycles. The molecule has 1 aromatic carbocycles. The van der Waals surface area contributed by atoms with Crippen molar-refractivity contribution in [3.63, 3.8) is 0 Å². The predicted octanol–water partition coefficient (Wildman–Crippen LogP) is 4.94. The maximum Gasteiger partial charge on any atom is 0.191 e. The Kier molecular flexibility index (Phi) is 5.26. The minimum Gasteiger partial charge on any atom is -0.497 e. The van der Waals surface area contributed by atoms with Crippen LogP contribution in [-0.2, 0) is 12.3 Å². The number of nitrogens with zero attached hydrogens (tertiary/aromatic N) is 3. The molecular weight excluding hydrogens is 338 g/mol. The number of hydrogen-bond donors (Lipinski definition) is 0. The van der Waals surface area contributed by atoms with Gasteiger partial charge in [0.15, 0.2) is 11.0 Å². The summed E-state index contributed by atoms with van der Waals surface area (Å²) in [6.45, 7) is 7.29. The van der Waals surface area contributed by atoms with E-state index in [0.717, 1.165) is 29.0 Å². The Balaban J connectivity index is 1.83. The van der Waals surface area contributed by atoms with Gasteiger partial charge in [0.05, 0.1) is 7.11 Å². The largest absolute Gasteiger partial charge is 0.497 e. The molecule has 0 fully saturated rings. The highest BCUT2D eigenvalue weighted by atomic mass is 32.2. The zero-order valence-electron chi connectivity index (χ0n) is 14.4. The standard InChI is InChI=1S/C18H21N3OS2/c1-5-21-17(16-11-23-13(3)12(16)2)19-20-18(21)24-10-14-7-6-8-15(9-14)22-4/h6-9,11H,5,10H2,1-4H3. The third-order valence-corrected chi connectivity index (χ3v) is 6.11. The lowest BCUT2D eigenvalue weighted by Crippen LogP contribution is -2.00. The van der Waals surface area contributed by atoms with E-state index in [2.05, 4.69) is 53.0 Å². The number of methoxy groups -OCH3 is 1. The minimum absolute atomic E-state index is 0.844. The first-order valence-corrected chi connectivity index (χ1v) is 9.74. The van der Waals surface area contributed by atoms with Gasteiger partial charge in [-0.25, -0.2) is 0 Å². The third kappa shape index (κ3) is 3.35. The van der Waals surface area contributed by atoms with Gasteiger partial charge in [0.1, 0.15) is 5.75 Å². The molecule has 0 radical (unpaired) electrons. The molecule has 126 valence electrons. The fourth-order valence-electron chi connectivity index (χ4n) is 2.52. The van der Waals surface area contributed by atoms with Gasteiger partial charge in [0.2, 0.25) is 0 Å². The summed E-state index contributed by atoms with van der Waals surface area (Å²) in [5.41, 5.74) is 3.71. The van der Waals surface area contributed by atoms with Crippen molar-refractivity contribution in [2.45, 2.75) is 38.2 Å². The van der Waals surface area contributed by atoms with E-state index in [0.29, 0.717) is 0 Å². The lowest BCUT2D eigenvalue weighted by molar-refractivity contribution is 0.414. The predicted molar refractivity (Wildman–Crippen MR) is 101 cm³/mol. The van der Waals surface area contributed by atoms with Gasteiger partial charge in [-0.15, -0.1) is 21.5 Å². The van der Waals surface area contributed by atoms with Gasteiger partial charge >= 0.3 is 0 Å². The van der Waals surface area contributed by atoms with Gasteiger partial charge in [0.25, 0.3) is 0 Å². The molecule has 0 bridgehead atoms. The molecule has 0 aliphatic carbocycles. The van der Waals surface area contributed by atoms with Crippen molar-refractivity contribution in [2.75, 3.05) is 7.11 Å². The monoisotopic (exact) mass is 359 g/mol. The minimum atomic E-state index is 0.844. The molecule has 0 aliphatic heterocycles. The summed E-state index contributed by atoms with van der Waals surface area (Å²) < 4.78 is 7.48. The van der Waals surface area contributed by atoms with Crippen LogP contribution >= 0.6 is 23.1 Å². The van der Waals surface area contributed by atoms with Crippen LogP contribution in [0.5, 0.6) is 5.75 Å². The topological polar surface area (TPSA) is 39.9 Å². The van der Waals surface area contributed by atoms with Crippen LogP contribution in [0.2, 0.25) is 0 Å². The first-order chi connectivity index (χ1) is 11.6. The van der Waals surface area contributed by atoms with Crippen LogP contribution in [0, 0.1) is 13.8 Å². The number of thioether (sulfide) groups is 1. The fraction of sp³-hybridized carbons (Fsp3) is 0.333. The Morgan fingerprint density at radius 2 is 2.08 bits per heavy atom. The van der Waals surface area contributed by atoms with Gasteiger partial charge in [-0.3, -0.25) is 0 Å². The molecule has 0 amide bonds. The van der Waals surface area contributed by atoms with Crippen LogP contribution < -0.4 is 4.74 Å². The number of rotatable bonds is 6. The molecule has 4 nitrogen and oxygen atoms in total. The van der Waals surface area contributed by atoms with Crippen LogP contribution in [-0.4, -0.2) is 21.9 Å². The maximum atomic E-state index is 5.29. The van der Waals surface area contributed by atoms with Crippen LogP contribution in [0.3, 0.4) is 0 Å². The Hall–Kier alpha value is -1.79. The fourth-order valence-corrected chi connectivity index (χ4v) is 4.33. The van der Waals surface area contributed by atoms with E-state index in [4.69, 9.17) is 4.74 Å². The van der Waals surface area contributed by atoms with Crippen LogP contribution in [0.15, 0.2) is 34.8 Å². The van der Waals surface area contributed by atoms with Gasteiger partial charge in [-0.2, -0.15) is 0 Å². The molecule has 2 heterocycles. The van der Waals surface area contributed by atoms with Crippen molar-refractivity contribution in [1.82, 2.24) is 14.8 Å². The normalized spacial score (nSPS) is 11.0. The molecule has 0 atom stereocenters. The summed E-state index contributed by atoms with van der Waals surface area (Å²) in [4.78, 5) is 1.33. The summed E-state index contributed by atoms with van der Waals surface area (Å²) in [5.74, 6) is 2.69. The first-order valence-electron chi connectivity index (χ1n) is 7.88. The molecule has 3 aromatic rings.